The monoisotopic (exact) mass is 359 g/mol. The summed E-state index contributed by atoms with van der Waals surface area (Å²) in [5.74, 6) is 0.163. The zero-order valence-corrected chi connectivity index (χ0v) is 14.9. The Hall–Kier alpha value is -3.12. The summed E-state index contributed by atoms with van der Waals surface area (Å²) in [6, 6.07) is 16.2. The number of nitrogens with two attached hydrogens (primary N) is 1. The van der Waals surface area contributed by atoms with Crippen LogP contribution in [0.25, 0.3) is 11.1 Å². The van der Waals surface area contributed by atoms with Gasteiger partial charge in [-0.05, 0) is 35.9 Å². The molecule has 1 fully saturated rings. The van der Waals surface area contributed by atoms with Crippen LogP contribution >= 0.6 is 0 Å². The van der Waals surface area contributed by atoms with Crippen molar-refractivity contribution in [2.45, 2.75) is 12.0 Å². The van der Waals surface area contributed by atoms with E-state index >= 15 is 0 Å². The first-order valence-corrected chi connectivity index (χ1v) is 9.18. The zero-order chi connectivity index (χ0) is 18.4. The van der Waals surface area contributed by atoms with Gasteiger partial charge in [-0.15, -0.1) is 0 Å². The maximum atomic E-state index is 13.5. The number of benzene rings is 2. The van der Waals surface area contributed by atoms with Crippen molar-refractivity contribution in [2.24, 2.45) is 11.7 Å². The van der Waals surface area contributed by atoms with Gasteiger partial charge in [-0.1, -0.05) is 30.3 Å². The smallest absolute Gasteiger partial charge is 0.253 e. The Morgan fingerprint density at radius 2 is 1.96 bits per heavy atom. The van der Waals surface area contributed by atoms with Crippen LogP contribution in [0, 0.1) is 5.92 Å². The van der Waals surface area contributed by atoms with Gasteiger partial charge in [0.2, 0.25) is 0 Å². The van der Waals surface area contributed by atoms with Crippen molar-refractivity contribution in [1.82, 2.24) is 10.2 Å². The summed E-state index contributed by atoms with van der Waals surface area (Å²) in [5, 5.41) is 10.3. The lowest BCUT2D eigenvalue weighted by Gasteiger charge is -2.28. The van der Waals surface area contributed by atoms with E-state index in [-0.39, 0.29) is 11.8 Å². The molecule has 5 rings (SSSR count). The number of rotatable bonds is 3. The minimum absolute atomic E-state index is 0.0611. The highest BCUT2D eigenvalue weighted by Crippen LogP contribution is 2.43. The number of aromatic amines is 1. The van der Waals surface area contributed by atoms with Crippen LogP contribution < -0.4 is 16.0 Å². The highest BCUT2D eigenvalue weighted by Gasteiger charge is 2.56. The SMILES string of the molecule is NCC1CN(c2ccc(-c3cn[nH]c3)cc2)C(=O)C12Cc1ccccc1N2. The molecule has 136 valence electrons. The second-order valence-electron chi connectivity index (χ2n) is 7.31. The van der Waals surface area contributed by atoms with Crippen molar-refractivity contribution in [3.05, 3.63) is 66.5 Å². The summed E-state index contributed by atoms with van der Waals surface area (Å²) < 4.78 is 0. The van der Waals surface area contributed by atoms with Crippen LogP contribution in [0.15, 0.2) is 60.9 Å². The lowest BCUT2D eigenvalue weighted by molar-refractivity contribution is -0.121. The Morgan fingerprint density at radius 3 is 2.67 bits per heavy atom. The third-order valence-electron chi connectivity index (χ3n) is 5.87. The van der Waals surface area contributed by atoms with Gasteiger partial charge in [-0.2, -0.15) is 5.10 Å². The molecule has 6 nitrogen and oxygen atoms in total. The fourth-order valence-corrected chi connectivity index (χ4v) is 4.37. The van der Waals surface area contributed by atoms with Crippen molar-refractivity contribution < 1.29 is 4.79 Å². The molecule has 6 heteroatoms. The van der Waals surface area contributed by atoms with Crippen LogP contribution in [0.4, 0.5) is 11.4 Å². The fourth-order valence-electron chi connectivity index (χ4n) is 4.37. The van der Waals surface area contributed by atoms with Gasteiger partial charge in [0.25, 0.3) is 5.91 Å². The molecule has 0 aliphatic carbocycles. The first-order valence-electron chi connectivity index (χ1n) is 9.18. The quantitative estimate of drug-likeness (QED) is 0.670. The number of carbonyl (C=O) groups is 1. The normalized spacial score (nSPS) is 23.7. The molecule has 2 aliphatic rings. The number of carbonyl (C=O) groups excluding carboxylic acids is 1. The zero-order valence-electron chi connectivity index (χ0n) is 14.9. The number of nitrogens with one attached hydrogen (secondary N) is 2. The maximum Gasteiger partial charge on any atom is 0.253 e. The Balaban J connectivity index is 1.46. The van der Waals surface area contributed by atoms with Crippen LogP contribution in [-0.4, -0.2) is 34.7 Å². The van der Waals surface area contributed by atoms with Crippen LogP contribution in [-0.2, 0) is 11.2 Å². The number of amides is 1. The molecule has 1 amide bonds. The molecule has 2 atom stereocenters. The number of aromatic nitrogens is 2. The maximum absolute atomic E-state index is 13.5. The number of H-pyrrole nitrogens is 1. The number of hydrogen-bond acceptors (Lipinski definition) is 4. The van der Waals surface area contributed by atoms with Crippen LogP contribution in [0.5, 0.6) is 0 Å². The summed E-state index contributed by atoms with van der Waals surface area (Å²) in [6.07, 6.45) is 4.33. The topological polar surface area (TPSA) is 87.0 Å². The van der Waals surface area contributed by atoms with E-state index in [1.54, 1.807) is 6.20 Å². The van der Waals surface area contributed by atoms with Crippen molar-refractivity contribution in [2.75, 3.05) is 23.3 Å². The molecule has 0 bridgehead atoms. The van der Waals surface area contributed by atoms with E-state index in [4.69, 9.17) is 5.73 Å². The molecule has 1 aromatic heterocycles. The molecule has 4 N–H and O–H groups in total. The largest absolute Gasteiger partial charge is 0.370 e. The number of fused-ring (bicyclic) bond motifs is 1. The predicted octanol–water partition coefficient (Wildman–Crippen LogP) is 2.41. The molecule has 2 aliphatic heterocycles. The fraction of sp³-hybridized carbons (Fsp3) is 0.238. The first kappa shape index (κ1) is 16.1. The lowest BCUT2D eigenvalue weighted by atomic mass is 9.84. The number of para-hydroxylation sites is 1. The van der Waals surface area contributed by atoms with Gasteiger partial charge in [0.1, 0.15) is 5.54 Å². The van der Waals surface area contributed by atoms with Crippen LogP contribution in [0.1, 0.15) is 5.56 Å². The van der Waals surface area contributed by atoms with Gasteiger partial charge in [0.05, 0.1) is 6.20 Å². The third kappa shape index (κ3) is 2.37. The molecule has 1 spiro atoms. The summed E-state index contributed by atoms with van der Waals surface area (Å²) >= 11 is 0. The molecule has 3 aromatic rings. The average Bonchev–Trinajstić information content (AvgIpc) is 3.42. The Bertz CT molecular complexity index is 955. The van der Waals surface area contributed by atoms with E-state index in [0.717, 1.165) is 22.5 Å². The molecule has 0 saturated carbocycles. The van der Waals surface area contributed by atoms with Gasteiger partial charge in [-0.3, -0.25) is 9.89 Å². The minimum atomic E-state index is -0.637. The summed E-state index contributed by atoms with van der Waals surface area (Å²) in [5.41, 5.74) is 10.7. The van der Waals surface area contributed by atoms with Crippen LogP contribution in [0.2, 0.25) is 0 Å². The summed E-state index contributed by atoms with van der Waals surface area (Å²) in [7, 11) is 0. The molecule has 2 aromatic carbocycles. The van der Waals surface area contributed by atoms with Gasteiger partial charge in [0, 0.05) is 42.0 Å². The minimum Gasteiger partial charge on any atom is -0.370 e. The van der Waals surface area contributed by atoms with Crippen molar-refractivity contribution in [3.63, 3.8) is 0 Å². The molecule has 2 unspecified atom stereocenters. The van der Waals surface area contributed by atoms with E-state index in [2.05, 4.69) is 21.6 Å². The standard InChI is InChI=1S/C21H21N5O/c22-10-17-13-26(18-7-5-14(6-8-18)16-11-23-24-12-16)20(27)21(17)9-15-3-1-2-4-19(15)25-21/h1-8,11-12,17,25H,9-10,13,22H2,(H,23,24). The third-order valence-corrected chi connectivity index (χ3v) is 5.87. The van der Waals surface area contributed by atoms with Gasteiger partial charge in [0.15, 0.2) is 0 Å². The van der Waals surface area contributed by atoms with Crippen molar-refractivity contribution in [1.29, 1.82) is 0 Å². The first-order chi connectivity index (χ1) is 13.2. The molecular weight excluding hydrogens is 338 g/mol. The number of anilines is 2. The summed E-state index contributed by atoms with van der Waals surface area (Å²) in [6.45, 7) is 1.09. The molecule has 27 heavy (non-hydrogen) atoms. The van der Waals surface area contributed by atoms with E-state index in [0.29, 0.717) is 19.5 Å². The van der Waals surface area contributed by atoms with Gasteiger partial charge < -0.3 is 16.0 Å². The van der Waals surface area contributed by atoms with E-state index < -0.39 is 5.54 Å². The number of nitrogens with zero attached hydrogens (tertiary/aromatic N) is 2. The molecule has 0 radical (unpaired) electrons. The molecular formula is C21H21N5O. The Kier molecular flexibility index (Phi) is 3.55. The predicted molar refractivity (Wildman–Crippen MR) is 105 cm³/mol. The number of hydrogen-bond donors (Lipinski definition) is 3. The Labute approximate surface area is 157 Å². The van der Waals surface area contributed by atoms with Crippen LogP contribution in [0.3, 0.4) is 0 Å². The Morgan fingerprint density at radius 1 is 1.15 bits per heavy atom. The van der Waals surface area contributed by atoms with E-state index in [1.165, 1.54) is 5.56 Å². The van der Waals surface area contributed by atoms with E-state index in [1.807, 2.05) is 53.6 Å². The summed E-state index contributed by atoms with van der Waals surface area (Å²) in [4.78, 5) is 15.3. The van der Waals surface area contributed by atoms with Gasteiger partial charge in [-0.25, -0.2) is 0 Å². The lowest BCUT2D eigenvalue weighted by Crippen LogP contribution is -2.51. The second-order valence-corrected chi connectivity index (χ2v) is 7.31. The molecule has 1 saturated heterocycles. The van der Waals surface area contributed by atoms with E-state index in [9.17, 15) is 4.79 Å². The molecule has 3 heterocycles. The highest BCUT2D eigenvalue weighted by molar-refractivity contribution is 6.06. The second kappa shape index (κ2) is 5.96. The van der Waals surface area contributed by atoms with Gasteiger partial charge >= 0.3 is 0 Å². The van der Waals surface area contributed by atoms with Crippen molar-refractivity contribution >= 4 is 17.3 Å². The highest BCUT2D eigenvalue weighted by atomic mass is 16.2. The average molecular weight is 359 g/mol. The van der Waals surface area contributed by atoms with Crippen molar-refractivity contribution in [3.8, 4) is 11.1 Å².